The number of hydrogen-bond donors (Lipinski definition) is 1. The van der Waals surface area contributed by atoms with E-state index in [0.29, 0.717) is 18.0 Å². The van der Waals surface area contributed by atoms with Crippen LogP contribution in [0.1, 0.15) is 17.7 Å². The topological polar surface area (TPSA) is 66.8 Å². The molecule has 0 saturated carbocycles. The van der Waals surface area contributed by atoms with Crippen LogP contribution in [-0.4, -0.2) is 44.1 Å². The molecular formula is C11H17NO4S2. The van der Waals surface area contributed by atoms with E-state index >= 15 is 0 Å². The van der Waals surface area contributed by atoms with Crippen LogP contribution in [0.15, 0.2) is 16.3 Å². The summed E-state index contributed by atoms with van der Waals surface area (Å²) >= 11 is 1.26. The minimum absolute atomic E-state index is 0.119. The Morgan fingerprint density at radius 2 is 2.17 bits per heavy atom. The average Bonchev–Trinajstić information content (AvgIpc) is 2.88. The lowest BCUT2D eigenvalue weighted by molar-refractivity contribution is 0.0604. The SMILES string of the molecule is COC1CCN(S(=O)(=O)c2csc(CO)c2)CC1. The molecule has 0 bridgehead atoms. The number of hydrogen-bond acceptors (Lipinski definition) is 5. The fourth-order valence-corrected chi connectivity index (χ4v) is 4.63. The Hall–Kier alpha value is -0.470. The lowest BCUT2D eigenvalue weighted by Gasteiger charge is -2.30. The van der Waals surface area contributed by atoms with Crippen LogP contribution in [0.5, 0.6) is 0 Å². The fraction of sp³-hybridized carbons (Fsp3) is 0.636. The Bertz CT molecular complexity index is 489. The molecule has 0 atom stereocenters. The highest BCUT2D eigenvalue weighted by molar-refractivity contribution is 7.89. The van der Waals surface area contributed by atoms with E-state index in [1.54, 1.807) is 18.6 Å². The van der Waals surface area contributed by atoms with Crippen LogP contribution in [0.25, 0.3) is 0 Å². The van der Waals surface area contributed by atoms with Gasteiger partial charge >= 0.3 is 0 Å². The molecule has 1 fully saturated rings. The van der Waals surface area contributed by atoms with Crippen LogP contribution in [0.3, 0.4) is 0 Å². The molecule has 1 aromatic heterocycles. The van der Waals surface area contributed by atoms with Crippen LogP contribution in [0.4, 0.5) is 0 Å². The second-order valence-electron chi connectivity index (χ2n) is 4.25. The molecular weight excluding hydrogens is 274 g/mol. The summed E-state index contributed by atoms with van der Waals surface area (Å²) < 4.78 is 31.4. The van der Waals surface area contributed by atoms with Crippen molar-refractivity contribution >= 4 is 21.4 Å². The van der Waals surface area contributed by atoms with Crippen molar-refractivity contribution in [3.63, 3.8) is 0 Å². The Kier molecular flexibility index (Phi) is 4.39. The quantitative estimate of drug-likeness (QED) is 0.900. The highest BCUT2D eigenvalue weighted by Crippen LogP contribution is 2.25. The van der Waals surface area contributed by atoms with E-state index in [0.717, 1.165) is 12.8 Å². The predicted molar refractivity (Wildman–Crippen MR) is 69.0 cm³/mol. The maximum absolute atomic E-state index is 12.3. The monoisotopic (exact) mass is 291 g/mol. The molecule has 18 heavy (non-hydrogen) atoms. The average molecular weight is 291 g/mol. The summed E-state index contributed by atoms with van der Waals surface area (Å²) in [7, 11) is -1.75. The number of aliphatic hydroxyl groups is 1. The zero-order valence-corrected chi connectivity index (χ0v) is 11.8. The summed E-state index contributed by atoms with van der Waals surface area (Å²) in [5.74, 6) is 0. The summed E-state index contributed by atoms with van der Waals surface area (Å²) in [5, 5.41) is 10.6. The largest absolute Gasteiger partial charge is 0.391 e. The maximum Gasteiger partial charge on any atom is 0.243 e. The van der Waals surface area contributed by atoms with E-state index in [1.807, 2.05) is 0 Å². The molecule has 0 radical (unpaired) electrons. The lowest BCUT2D eigenvalue weighted by Crippen LogP contribution is -2.40. The first-order chi connectivity index (χ1) is 8.57. The van der Waals surface area contributed by atoms with Gasteiger partial charge in [-0.3, -0.25) is 0 Å². The molecule has 1 saturated heterocycles. The van der Waals surface area contributed by atoms with Gasteiger partial charge in [-0.15, -0.1) is 11.3 Å². The zero-order chi connectivity index (χ0) is 13.2. The molecule has 1 aromatic rings. The standard InChI is InChI=1S/C11H17NO4S2/c1-16-9-2-4-12(5-3-9)18(14,15)11-6-10(7-13)17-8-11/h6,8-9,13H,2-5,7H2,1H3. The first kappa shape index (κ1) is 14.0. The number of sulfonamides is 1. The van der Waals surface area contributed by atoms with E-state index in [4.69, 9.17) is 9.84 Å². The molecule has 0 amide bonds. The van der Waals surface area contributed by atoms with Crippen LogP contribution in [0, 0.1) is 0 Å². The van der Waals surface area contributed by atoms with Crippen molar-refractivity contribution in [2.24, 2.45) is 0 Å². The highest BCUT2D eigenvalue weighted by Gasteiger charge is 2.29. The minimum atomic E-state index is -3.41. The molecule has 0 spiro atoms. The van der Waals surface area contributed by atoms with E-state index < -0.39 is 10.0 Å². The zero-order valence-electron chi connectivity index (χ0n) is 10.2. The number of ether oxygens (including phenoxy) is 1. The van der Waals surface area contributed by atoms with Gasteiger partial charge in [0.05, 0.1) is 17.6 Å². The first-order valence-corrected chi connectivity index (χ1v) is 8.11. The second-order valence-corrected chi connectivity index (χ2v) is 7.18. The number of thiophene rings is 1. The molecule has 0 aromatic carbocycles. The number of rotatable bonds is 4. The molecule has 0 unspecified atom stereocenters. The van der Waals surface area contributed by atoms with Crippen molar-refractivity contribution in [3.8, 4) is 0 Å². The lowest BCUT2D eigenvalue weighted by atomic mass is 10.1. The van der Waals surface area contributed by atoms with Gasteiger partial charge in [-0.25, -0.2) is 8.42 Å². The molecule has 7 heteroatoms. The van der Waals surface area contributed by atoms with Gasteiger partial charge in [0.2, 0.25) is 10.0 Å². The van der Waals surface area contributed by atoms with Crippen LogP contribution in [-0.2, 0) is 21.4 Å². The smallest absolute Gasteiger partial charge is 0.243 e. The molecule has 1 N–H and O–H groups in total. The predicted octanol–water partition coefficient (Wildman–Crippen LogP) is 1.04. The summed E-state index contributed by atoms with van der Waals surface area (Å²) in [6.07, 6.45) is 1.62. The van der Waals surface area contributed by atoms with E-state index in [9.17, 15) is 8.42 Å². The number of piperidine rings is 1. The maximum atomic E-state index is 12.3. The first-order valence-electron chi connectivity index (χ1n) is 5.79. The Morgan fingerprint density at radius 3 is 2.67 bits per heavy atom. The molecule has 102 valence electrons. The van der Waals surface area contributed by atoms with Crippen LogP contribution < -0.4 is 0 Å². The summed E-state index contributed by atoms with van der Waals surface area (Å²) in [5.41, 5.74) is 0. The third-order valence-corrected chi connectivity index (χ3v) is 6.10. The molecule has 5 nitrogen and oxygen atoms in total. The van der Waals surface area contributed by atoms with E-state index in [-0.39, 0.29) is 17.6 Å². The fourth-order valence-electron chi connectivity index (χ4n) is 2.04. The Labute approximate surface area is 111 Å². The third-order valence-electron chi connectivity index (χ3n) is 3.16. The van der Waals surface area contributed by atoms with Gasteiger partial charge in [-0.2, -0.15) is 4.31 Å². The number of methoxy groups -OCH3 is 1. The van der Waals surface area contributed by atoms with Crippen molar-refractivity contribution < 1.29 is 18.3 Å². The Morgan fingerprint density at radius 1 is 1.50 bits per heavy atom. The van der Waals surface area contributed by atoms with Crippen LogP contribution >= 0.6 is 11.3 Å². The molecule has 2 heterocycles. The van der Waals surface area contributed by atoms with Gasteiger partial charge in [0.1, 0.15) is 0 Å². The summed E-state index contributed by atoms with van der Waals surface area (Å²) in [6, 6.07) is 1.54. The number of aliphatic hydroxyl groups excluding tert-OH is 1. The number of nitrogens with zero attached hydrogens (tertiary/aromatic N) is 1. The van der Waals surface area contributed by atoms with Crippen molar-refractivity contribution in [2.45, 2.75) is 30.4 Å². The normalized spacial score (nSPS) is 19.2. The molecule has 1 aliphatic rings. The van der Waals surface area contributed by atoms with E-state index in [1.165, 1.54) is 15.6 Å². The minimum Gasteiger partial charge on any atom is -0.391 e. The van der Waals surface area contributed by atoms with Crippen molar-refractivity contribution in [1.29, 1.82) is 0 Å². The van der Waals surface area contributed by atoms with Crippen molar-refractivity contribution in [3.05, 3.63) is 16.3 Å². The second kappa shape index (κ2) is 5.66. The van der Waals surface area contributed by atoms with E-state index in [2.05, 4.69) is 0 Å². The molecule has 0 aliphatic carbocycles. The molecule has 2 rings (SSSR count). The Balaban J connectivity index is 2.12. The third kappa shape index (κ3) is 2.75. The summed E-state index contributed by atoms with van der Waals surface area (Å²) in [6.45, 7) is 0.863. The van der Waals surface area contributed by atoms with Gasteiger partial charge in [0.25, 0.3) is 0 Å². The van der Waals surface area contributed by atoms with Crippen LogP contribution in [0.2, 0.25) is 0 Å². The summed E-state index contributed by atoms with van der Waals surface area (Å²) in [4.78, 5) is 0.952. The van der Waals surface area contributed by atoms with Gasteiger partial charge < -0.3 is 9.84 Å². The van der Waals surface area contributed by atoms with Crippen molar-refractivity contribution in [2.75, 3.05) is 20.2 Å². The molecule has 1 aliphatic heterocycles. The van der Waals surface area contributed by atoms with Gasteiger partial charge in [0, 0.05) is 30.5 Å². The van der Waals surface area contributed by atoms with Gasteiger partial charge in [-0.1, -0.05) is 0 Å². The van der Waals surface area contributed by atoms with Crippen molar-refractivity contribution in [1.82, 2.24) is 4.31 Å². The van der Waals surface area contributed by atoms with Gasteiger partial charge in [-0.05, 0) is 18.9 Å². The van der Waals surface area contributed by atoms with Gasteiger partial charge in [0.15, 0.2) is 0 Å². The highest BCUT2D eigenvalue weighted by atomic mass is 32.2.